The van der Waals surface area contributed by atoms with E-state index in [2.05, 4.69) is 10.1 Å². The monoisotopic (exact) mass is 309 g/mol. The largest absolute Gasteiger partial charge is 0.478 e. The fourth-order valence-electron chi connectivity index (χ4n) is 1.72. The van der Waals surface area contributed by atoms with Gasteiger partial charge in [-0.1, -0.05) is 11.6 Å². The van der Waals surface area contributed by atoms with E-state index in [0.29, 0.717) is 16.5 Å². The van der Waals surface area contributed by atoms with E-state index in [-0.39, 0.29) is 17.7 Å². The van der Waals surface area contributed by atoms with Crippen molar-refractivity contribution in [1.82, 2.24) is 0 Å². The number of rotatable bonds is 5. The lowest BCUT2D eigenvalue weighted by atomic mass is 10.1. The molecule has 0 atom stereocenters. The highest BCUT2D eigenvalue weighted by atomic mass is 35.5. The summed E-state index contributed by atoms with van der Waals surface area (Å²) in [7, 11) is 1.28. The molecule has 0 unspecified atom stereocenters. The van der Waals surface area contributed by atoms with E-state index >= 15 is 0 Å². The third-order valence-electron chi connectivity index (χ3n) is 2.74. The summed E-state index contributed by atoms with van der Waals surface area (Å²) in [6.45, 7) is 0.221. The zero-order valence-corrected chi connectivity index (χ0v) is 11.8. The van der Waals surface area contributed by atoms with Gasteiger partial charge in [-0.25, -0.2) is 9.59 Å². The molecule has 21 heavy (non-hydrogen) atoms. The molecule has 0 amide bonds. The molecule has 6 nitrogen and oxygen atoms in total. The van der Waals surface area contributed by atoms with Gasteiger partial charge in [0.1, 0.15) is 12.0 Å². The summed E-state index contributed by atoms with van der Waals surface area (Å²) >= 11 is 5.85. The Kier molecular flexibility index (Phi) is 4.49. The molecule has 7 heteroatoms. The van der Waals surface area contributed by atoms with Gasteiger partial charge >= 0.3 is 11.9 Å². The fourth-order valence-corrected chi connectivity index (χ4v) is 1.89. The van der Waals surface area contributed by atoms with Crippen molar-refractivity contribution in [2.24, 2.45) is 0 Å². The van der Waals surface area contributed by atoms with Gasteiger partial charge in [0.25, 0.3) is 0 Å². The lowest BCUT2D eigenvalue weighted by molar-refractivity contribution is 0.0600. The maximum atomic E-state index is 11.7. The molecule has 2 rings (SSSR count). The highest BCUT2D eigenvalue weighted by Crippen LogP contribution is 2.22. The summed E-state index contributed by atoms with van der Waals surface area (Å²) in [6.07, 6.45) is 1.16. The number of carboxylic acids is 1. The van der Waals surface area contributed by atoms with Gasteiger partial charge in [0.15, 0.2) is 0 Å². The van der Waals surface area contributed by atoms with Crippen molar-refractivity contribution in [1.29, 1.82) is 0 Å². The molecule has 0 aliphatic heterocycles. The molecular formula is C14H12ClNO5. The van der Waals surface area contributed by atoms with Crippen LogP contribution < -0.4 is 5.32 Å². The number of carbonyl (C=O) groups excluding carboxylic acids is 1. The summed E-state index contributed by atoms with van der Waals surface area (Å²) in [4.78, 5) is 22.4. The maximum Gasteiger partial charge on any atom is 0.340 e. The lowest BCUT2D eigenvalue weighted by Crippen LogP contribution is -2.08. The molecule has 2 N–H and O–H groups in total. The molecule has 2 aromatic rings. The molecule has 0 radical (unpaired) electrons. The smallest absolute Gasteiger partial charge is 0.340 e. The van der Waals surface area contributed by atoms with Crippen LogP contribution in [0.25, 0.3) is 0 Å². The number of furan rings is 1. The molecule has 0 aliphatic carbocycles. The number of halogens is 1. The Labute approximate surface area is 125 Å². The van der Waals surface area contributed by atoms with Crippen molar-refractivity contribution in [3.05, 3.63) is 52.4 Å². The van der Waals surface area contributed by atoms with Gasteiger partial charge in [-0.3, -0.25) is 0 Å². The minimum Gasteiger partial charge on any atom is -0.478 e. The van der Waals surface area contributed by atoms with Gasteiger partial charge in [0, 0.05) is 10.7 Å². The van der Waals surface area contributed by atoms with Crippen LogP contribution in [-0.4, -0.2) is 24.2 Å². The topological polar surface area (TPSA) is 88.8 Å². The van der Waals surface area contributed by atoms with Gasteiger partial charge in [0.2, 0.25) is 0 Å². The van der Waals surface area contributed by atoms with Crippen molar-refractivity contribution >= 4 is 29.2 Å². The number of anilines is 1. The average molecular weight is 310 g/mol. The summed E-state index contributed by atoms with van der Waals surface area (Å²) in [5, 5.41) is 12.2. The van der Waals surface area contributed by atoms with E-state index < -0.39 is 11.9 Å². The number of methoxy groups -OCH3 is 1. The van der Waals surface area contributed by atoms with E-state index in [1.165, 1.54) is 19.2 Å². The number of nitrogens with one attached hydrogen (secondary N) is 1. The van der Waals surface area contributed by atoms with E-state index in [0.717, 1.165) is 6.26 Å². The standard InChI is InChI=1S/C14H12ClNO5/c1-20-14(19)11-5-9(15)2-3-12(11)16-6-10-4-8(7-21-10)13(17)18/h2-5,7,16H,6H2,1H3,(H,17,18). The zero-order chi connectivity index (χ0) is 15.4. The molecule has 0 fully saturated rings. The number of aromatic carboxylic acids is 1. The van der Waals surface area contributed by atoms with Crippen LogP contribution in [0.3, 0.4) is 0 Å². The van der Waals surface area contributed by atoms with Crippen LogP contribution in [0.5, 0.6) is 0 Å². The molecule has 0 bridgehead atoms. The normalized spacial score (nSPS) is 10.2. The molecule has 1 aromatic carbocycles. The molecule has 1 aromatic heterocycles. The quantitative estimate of drug-likeness (QED) is 0.825. The molecule has 1 heterocycles. The van der Waals surface area contributed by atoms with Gasteiger partial charge in [-0.15, -0.1) is 0 Å². The second kappa shape index (κ2) is 6.32. The van der Waals surface area contributed by atoms with Crippen molar-refractivity contribution in [2.75, 3.05) is 12.4 Å². The highest BCUT2D eigenvalue weighted by Gasteiger charge is 2.13. The first-order valence-electron chi connectivity index (χ1n) is 5.93. The number of hydrogen-bond acceptors (Lipinski definition) is 5. The van der Waals surface area contributed by atoms with Crippen molar-refractivity contribution in [3.8, 4) is 0 Å². The van der Waals surface area contributed by atoms with E-state index in [1.54, 1.807) is 12.1 Å². The summed E-state index contributed by atoms with van der Waals surface area (Å²) in [5.74, 6) is -1.16. The predicted octanol–water partition coefficient (Wildman–Crippen LogP) is 3.03. The van der Waals surface area contributed by atoms with E-state index in [9.17, 15) is 9.59 Å². The minimum absolute atomic E-state index is 0.0658. The van der Waals surface area contributed by atoms with Crippen LogP contribution >= 0.6 is 11.6 Å². The predicted molar refractivity (Wildman–Crippen MR) is 75.8 cm³/mol. The van der Waals surface area contributed by atoms with E-state index in [1.807, 2.05) is 0 Å². The Hall–Kier alpha value is -2.47. The van der Waals surface area contributed by atoms with Crippen molar-refractivity contribution in [2.45, 2.75) is 6.54 Å². The molecule has 0 spiro atoms. The first kappa shape index (κ1) is 14.9. The SMILES string of the molecule is COC(=O)c1cc(Cl)ccc1NCc1cc(C(=O)O)co1. The summed E-state index contributed by atoms with van der Waals surface area (Å²) in [6, 6.07) is 6.15. The molecule has 0 aliphatic rings. The molecule has 110 valence electrons. The van der Waals surface area contributed by atoms with Gasteiger partial charge in [-0.2, -0.15) is 0 Å². The van der Waals surface area contributed by atoms with Crippen LogP contribution in [-0.2, 0) is 11.3 Å². The fraction of sp³-hybridized carbons (Fsp3) is 0.143. The number of esters is 1. The molecule has 0 saturated carbocycles. The Balaban J connectivity index is 2.15. The van der Waals surface area contributed by atoms with Crippen molar-refractivity contribution < 1.29 is 23.8 Å². The summed E-state index contributed by atoms with van der Waals surface area (Å²) in [5.41, 5.74) is 0.866. The maximum absolute atomic E-state index is 11.7. The Morgan fingerprint density at radius 3 is 2.76 bits per heavy atom. The average Bonchev–Trinajstić information content (AvgIpc) is 2.94. The lowest BCUT2D eigenvalue weighted by Gasteiger charge is -2.10. The van der Waals surface area contributed by atoms with Crippen LogP contribution in [0.15, 0.2) is 34.9 Å². The van der Waals surface area contributed by atoms with Crippen molar-refractivity contribution in [3.63, 3.8) is 0 Å². The van der Waals surface area contributed by atoms with Gasteiger partial charge in [-0.05, 0) is 24.3 Å². The van der Waals surface area contributed by atoms with E-state index in [4.69, 9.17) is 21.1 Å². The number of carbonyl (C=O) groups is 2. The minimum atomic E-state index is -1.06. The highest BCUT2D eigenvalue weighted by molar-refractivity contribution is 6.31. The third kappa shape index (κ3) is 3.55. The number of hydrogen-bond donors (Lipinski definition) is 2. The molecule has 0 saturated heterocycles. The second-order valence-corrected chi connectivity index (χ2v) is 4.58. The number of carboxylic acid groups (broad SMARTS) is 1. The van der Waals surface area contributed by atoms with Gasteiger partial charge < -0.3 is 19.6 Å². The van der Waals surface area contributed by atoms with Crippen LogP contribution in [0.1, 0.15) is 26.5 Å². The third-order valence-corrected chi connectivity index (χ3v) is 2.98. The first-order chi connectivity index (χ1) is 10.0. The zero-order valence-electron chi connectivity index (χ0n) is 11.1. The van der Waals surface area contributed by atoms with Crippen LogP contribution in [0, 0.1) is 0 Å². The Morgan fingerprint density at radius 2 is 2.14 bits per heavy atom. The van der Waals surface area contributed by atoms with Crippen LogP contribution in [0.4, 0.5) is 5.69 Å². The Bertz CT molecular complexity index is 680. The van der Waals surface area contributed by atoms with Gasteiger partial charge in [0.05, 0.1) is 24.8 Å². The number of benzene rings is 1. The first-order valence-corrected chi connectivity index (χ1v) is 6.31. The Morgan fingerprint density at radius 1 is 1.38 bits per heavy atom. The van der Waals surface area contributed by atoms with Crippen LogP contribution in [0.2, 0.25) is 5.02 Å². The summed E-state index contributed by atoms with van der Waals surface area (Å²) < 4.78 is 9.79. The number of ether oxygens (including phenoxy) is 1. The molecular weight excluding hydrogens is 298 g/mol. The second-order valence-electron chi connectivity index (χ2n) is 4.14.